The number of anilines is 2. The molecule has 0 spiro atoms. The van der Waals surface area contributed by atoms with Crippen LogP contribution in [0, 0.1) is 11.6 Å². The molecule has 4 aromatic rings. The maximum Gasteiger partial charge on any atom is 0.227 e. The summed E-state index contributed by atoms with van der Waals surface area (Å²) in [5, 5.41) is 12.3. The summed E-state index contributed by atoms with van der Waals surface area (Å²) < 4.78 is 28.5. The van der Waals surface area contributed by atoms with Crippen LogP contribution in [0.5, 0.6) is 0 Å². The second-order valence-corrected chi connectivity index (χ2v) is 7.84. The summed E-state index contributed by atoms with van der Waals surface area (Å²) in [4.78, 5) is 9.19. The predicted molar refractivity (Wildman–Crippen MR) is 120 cm³/mol. The van der Waals surface area contributed by atoms with Crippen LogP contribution in [-0.2, 0) is 12.8 Å². The SMILES string of the molecule is OCCc1cc(Nc2ncc3c(n2)-c2ccccc2[C@H](c2ccccc2F)C3)ccc1F. The van der Waals surface area contributed by atoms with Crippen LogP contribution in [0.25, 0.3) is 11.3 Å². The molecule has 0 fully saturated rings. The molecule has 0 radical (unpaired) electrons. The first-order valence-electron chi connectivity index (χ1n) is 10.5. The quantitative estimate of drug-likeness (QED) is 0.447. The Labute approximate surface area is 184 Å². The monoisotopic (exact) mass is 429 g/mol. The molecule has 0 bridgehead atoms. The van der Waals surface area contributed by atoms with Crippen LogP contribution in [0.2, 0.25) is 0 Å². The zero-order valence-corrected chi connectivity index (χ0v) is 17.2. The fraction of sp³-hybridized carbons (Fsp3) is 0.154. The standard InChI is InChI=1S/C26H21F2N3O/c27-23-10-9-18(13-16(23)11-12-32)30-26-29-15-17-14-22(20-6-3-4-8-24(20)28)19-5-1-2-7-21(19)25(17)31-26/h1-10,13,15,22,32H,11-12,14H2,(H,29,30,31)/t22-/m1/s1. The number of rotatable bonds is 5. The van der Waals surface area contributed by atoms with E-state index < -0.39 is 0 Å². The maximum atomic E-state index is 14.6. The van der Waals surface area contributed by atoms with Crippen LogP contribution >= 0.6 is 0 Å². The summed E-state index contributed by atoms with van der Waals surface area (Å²) in [7, 11) is 0. The fourth-order valence-corrected chi connectivity index (χ4v) is 4.32. The molecule has 3 aromatic carbocycles. The Bertz CT molecular complexity index is 1290. The van der Waals surface area contributed by atoms with Crippen LogP contribution in [0.3, 0.4) is 0 Å². The molecular formula is C26H21F2N3O. The fourth-order valence-electron chi connectivity index (χ4n) is 4.32. The number of nitrogens with one attached hydrogen (secondary N) is 1. The molecule has 0 amide bonds. The highest BCUT2D eigenvalue weighted by molar-refractivity contribution is 5.73. The lowest BCUT2D eigenvalue weighted by molar-refractivity contribution is 0.297. The van der Waals surface area contributed by atoms with Crippen molar-refractivity contribution in [3.63, 3.8) is 0 Å². The lowest BCUT2D eigenvalue weighted by atomic mass is 9.78. The first kappa shape index (κ1) is 20.3. The van der Waals surface area contributed by atoms with Crippen LogP contribution < -0.4 is 5.32 Å². The molecule has 5 rings (SSSR count). The van der Waals surface area contributed by atoms with E-state index in [9.17, 15) is 8.78 Å². The van der Waals surface area contributed by atoms with Crippen molar-refractivity contribution >= 4 is 11.6 Å². The van der Waals surface area contributed by atoms with Gasteiger partial charge in [-0.05, 0) is 59.4 Å². The van der Waals surface area contributed by atoms with Gasteiger partial charge in [-0.3, -0.25) is 0 Å². The minimum absolute atomic E-state index is 0.111. The minimum atomic E-state index is -0.357. The van der Waals surface area contributed by atoms with E-state index >= 15 is 0 Å². The van der Waals surface area contributed by atoms with Crippen LogP contribution in [0.1, 0.15) is 28.2 Å². The topological polar surface area (TPSA) is 58.0 Å². The minimum Gasteiger partial charge on any atom is -0.396 e. The highest BCUT2D eigenvalue weighted by Gasteiger charge is 2.28. The van der Waals surface area contributed by atoms with Crippen molar-refractivity contribution in [1.29, 1.82) is 0 Å². The summed E-state index contributed by atoms with van der Waals surface area (Å²) in [5.41, 5.74) is 5.47. The maximum absolute atomic E-state index is 14.6. The van der Waals surface area contributed by atoms with Crippen LogP contribution in [-0.4, -0.2) is 21.7 Å². The molecule has 1 aromatic heterocycles. The third-order valence-corrected chi connectivity index (χ3v) is 5.84. The number of benzene rings is 3. The third kappa shape index (κ3) is 3.74. The first-order chi connectivity index (χ1) is 15.6. The Morgan fingerprint density at radius 1 is 0.938 bits per heavy atom. The molecule has 1 aliphatic rings. The van der Waals surface area contributed by atoms with E-state index in [-0.39, 0.29) is 30.6 Å². The second kappa shape index (κ2) is 8.48. The van der Waals surface area contributed by atoms with Gasteiger partial charge in [0, 0.05) is 30.0 Å². The number of fused-ring (bicyclic) bond motifs is 3. The van der Waals surface area contributed by atoms with Gasteiger partial charge in [0.05, 0.1) is 5.69 Å². The van der Waals surface area contributed by atoms with Crippen molar-refractivity contribution in [3.8, 4) is 11.3 Å². The van der Waals surface area contributed by atoms with Crippen molar-refractivity contribution in [2.75, 3.05) is 11.9 Å². The predicted octanol–water partition coefficient (Wildman–Crippen LogP) is 5.39. The Morgan fingerprint density at radius 2 is 1.72 bits per heavy atom. The van der Waals surface area contributed by atoms with Crippen LogP contribution in [0.15, 0.2) is 72.9 Å². The number of hydrogen-bond acceptors (Lipinski definition) is 4. The molecule has 32 heavy (non-hydrogen) atoms. The van der Waals surface area contributed by atoms with Gasteiger partial charge < -0.3 is 10.4 Å². The zero-order chi connectivity index (χ0) is 22.1. The molecule has 2 N–H and O–H groups in total. The normalized spacial score (nSPS) is 14.5. The highest BCUT2D eigenvalue weighted by atomic mass is 19.1. The van der Waals surface area contributed by atoms with Gasteiger partial charge in [-0.15, -0.1) is 0 Å². The smallest absolute Gasteiger partial charge is 0.227 e. The van der Waals surface area contributed by atoms with E-state index in [1.807, 2.05) is 36.4 Å². The van der Waals surface area contributed by atoms with Crippen LogP contribution in [0.4, 0.5) is 20.4 Å². The van der Waals surface area contributed by atoms with Crippen molar-refractivity contribution in [1.82, 2.24) is 9.97 Å². The molecule has 6 heteroatoms. The summed E-state index contributed by atoms with van der Waals surface area (Å²) in [6.07, 6.45) is 2.61. The lowest BCUT2D eigenvalue weighted by Crippen LogP contribution is -2.16. The second-order valence-electron chi connectivity index (χ2n) is 7.84. The highest BCUT2D eigenvalue weighted by Crippen LogP contribution is 2.42. The summed E-state index contributed by atoms with van der Waals surface area (Å²) in [6, 6.07) is 19.4. The Morgan fingerprint density at radius 3 is 2.53 bits per heavy atom. The number of aromatic nitrogens is 2. The molecule has 1 aliphatic carbocycles. The summed E-state index contributed by atoms with van der Waals surface area (Å²) in [6.45, 7) is -0.129. The van der Waals surface area contributed by atoms with Crippen molar-refractivity contribution < 1.29 is 13.9 Å². The van der Waals surface area contributed by atoms with E-state index in [1.54, 1.807) is 24.4 Å². The average molecular weight is 429 g/mol. The molecule has 1 heterocycles. The van der Waals surface area contributed by atoms with Crippen molar-refractivity contribution in [3.05, 3.63) is 107 Å². The Hall–Kier alpha value is -3.64. The number of aliphatic hydroxyl groups is 1. The summed E-state index contributed by atoms with van der Waals surface area (Å²) in [5.74, 6) is -0.293. The molecule has 0 aliphatic heterocycles. The molecule has 4 nitrogen and oxygen atoms in total. The van der Waals surface area contributed by atoms with Gasteiger partial charge in [-0.25, -0.2) is 18.7 Å². The average Bonchev–Trinajstić information content (AvgIpc) is 2.81. The first-order valence-corrected chi connectivity index (χ1v) is 10.5. The molecule has 0 saturated carbocycles. The Balaban J connectivity index is 1.51. The van der Waals surface area contributed by atoms with Crippen molar-refractivity contribution in [2.24, 2.45) is 0 Å². The van der Waals surface area contributed by atoms with Gasteiger partial charge in [0.2, 0.25) is 5.95 Å². The van der Waals surface area contributed by atoms with E-state index in [2.05, 4.69) is 10.3 Å². The van der Waals surface area contributed by atoms with Gasteiger partial charge in [0.25, 0.3) is 0 Å². The summed E-state index contributed by atoms with van der Waals surface area (Å²) >= 11 is 0. The molecular weight excluding hydrogens is 408 g/mol. The van der Waals surface area contributed by atoms with Crippen molar-refractivity contribution in [2.45, 2.75) is 18.8 Å². The number of halogens is 2. The van der Waals surface area contributed by atoms with Gasteiger partial charge >= 0.3 is 0 Å². The van der Waals surface area contributed by atoms with E-state index in [1.165, 1.54) is 12.1 Å². The molecule has 0 unspecified atom stereocenters. The molecule has 0 saturated heterocycles. The van der Waals surface area contributed by atoms with E-state index in [4.69, 9.17) is 10.1 Å². The zero-order valence-electron chi connectivity index (χ0n) is 17.2. The molecule has 1 atom stereocenters. The van der Waals surface area contributed by atoms with Gasteiger partial charge in [0.15, 0.2) is 0 Å². The molecule has 160 valence electrons. The largest absolute Gasteiger partial charge is 0.396 e. The van der Waals surface area contributed by atoms with Gasteiger partial charge in [-0.2, -0.15) is 0 Å². The van der Waals surface area contributed by atoms with Gasteiger partial charge in [0.1, 0.15) is 11.6 Å². The number of hydrogen-bond donors (Lipinski definition) is 2. The van der Waals surface area contributed by atoms with E-state index in [0.717, 1.165) is 22.4 Å². The number of aliphatic hydroxyl groups excluding tert-OH is 1. The lowest BCUT2D eigenvalue weighted by Gasteiger charge is -2.27. The van der Waals surface area contributed by atoms with E-state index in [0.29, 0.717) is 29.2 Å². The van der Waals surface area contributed by atoms with Gasteiger partial charge in [-0.1, -0.05) is 42.5 Å². The number of nitrogens with zero attached hydrogens (tertiary/aromatic N) is 2. The Kier molecular flexibility index (Phi) is 5.37. The third-order valence-electron chi connectivity index (χ3n) is 5.84.